The molecule has 0 saturated carbocycles. The number of hydrogen-bond donors (Lipinski definition) is 3. The largest absolute Gasteiger partial charge is 0.394 e. The van der Waals surface area contributed by atoms with Crippen molar-refractivity contribution in [3.8, 4) is 0 Å². The molecule has 1 aliphatic heterocycles. The van der Waals surface area contributed by atoms with E-state index in [1.807, 2.05) is 30.3 Å². The second-order valence-electron chi connectivity index (χ2n) is 5.53. The van der Waals surface area contributed by atoms with Crippen molar-refractivity contribution in [2.75, 3.05) is 19.7 Å². The highest BCUT2D eigenvalue weighted by Crippen LogP contribution is 2.31. The van der Waals surface area contributed by atoms with Crippen molar-refractivity contribution in [2.45, 2.75) is 32.2 Å². The lowest BCUT2D eigenvalue weighted by molar-refractivity contribution is -0.133. The molecule has 20 heavy (non-hydrogen) atoms. The molecule has 0 aromatic heterocycles. The number of carbonyl (C=O) groups is 1. The lowest BCUT2D eigenvalue weighted by atomic mass is 9.77. The summed E-state index contributed by atoms with van der Waals surface area (Å²) in [6, 6.07) is 9.30. The maximum Gasteiger partial charge on any atom is 0.228 e. The van der Waals surface area contributed by atoms with Crippen molar-refractivity contribution in [3.63, 3.8) is 0 Å². The summed E-state index contributed by atoms with van der Waals surface area (Å²) in [6.07, 6.45) is 2.75. The van der Waals surface area contributed by atoms with Crippen LogP contribution in [0.2, 0.25) is 0 Å². The number of hydrogen-bond acceptors (Lipinski definition) is 3. The van der Waals surface area contributed by atoms with Gasteiger partial charge in [0.25, 0.3) is 0 Å². The van der Waals surface area contributed by atoms with E-state index < -0.39 is 0 Å². The Hall–Kier alpha value is -1.39. The highest BCUT2D eigenvalue weighted by atomic mass is 16.3. The molecule has 4 nitrogen and oxygen atoms in total. The van der Waals surface area contributed by atoms with Crippen LogP contribution in [0.4, 0.5) is 0 Å². The van der Waals surface area contributed by atoms with Gasteiger partial charge < -0.3 is 15.7 Å². The molecule has 1 amide bonds. The normalized spacial score (nSPS) is 24.1. The Bertz CT molecular complexity index is 427. The van der Waals surface area contributed by atoms with Crippen molar-refractivity contribution in [2.24, 2.45) is 5.41 Å². The Morgan fingerprint density at radius 1 is 1.45 bits per heavy atom. The Labute approximate surface area is 120 Å². The lowest BCUT2D eigenvalue weighted by Crippen LogP contribution is -2.51. The first kappa shape index (κ1) is 15.0. The maximum atomic E-state index is 12.6. The third-order valence-corrected chi connectivity index (χ3v) is 4.32. The minimum atomic E-state index is -0.333. The molecule has 1 aliphatic rings. The van der Waals surface area contributed by atoms with Crippen LogP contribution in [0.15, 0.2) is 30.3 Å². The summed E-state index contributed by atoms with van der Waals surface area (Å²) in [7, 11) is 0. The van der Waals surface area contributed by atoms with Gasteiger partial charge in [-0.3, -0.25) is 4.79 Å². The van der Waals surface area contributed by atoms with Crippen LogP contribution in [0.5, 0.6) is 0 Å². The highest BCUT2D eigenvalue weighted by molar-refractivity contribution is 5.83. The molecule has 2 rings (SSSR count). The van der Waals surface area contributed by atoms with Gasteiger partial charge in [0.1, 0.15) is 0 Å². The number of rotatable bonds is 5. The molecule has 0 radical (unpaired) electrons. The summed E-state index contributed by atoms with van der Waals surface area (Å²) < 4.78 is 0. The minimum absolute atomic E-state index is 0.0510. The fourth-order valence-electron chi connectivity index (χ4n) is 2.86. The maximum absolute atomic E-state index is 12.6. The van der Waals surface area contributed by atoms with Gasteiger partial charge in [0.15, 0.2) is 0 Å². The zero-order chi connectivity index (χ0) is 14.4. The van der Waals surface area contributed by atoms with E-state index in [0.717, 1.165) is 37.9 Å². The van der Waals surface area contributed by atoms with Gasteiger partial charge in [-0.1, -0.05) is 37.3 Å². The van der Waals surface area contributed by atoms with E-state index in [1.54, 1.807) is 0 Å². The van der Waals surface area contributed by atoms with Crippen LogP contribution in [0.1, 0.15) is 37.8 Å². The van der Waals surface area contributed by atoms with Crippen LogP contribution in [0, 0.1) is 5.41 Å². The number of aliphatic hydroxyl groups is 1. The van der Waals surface area contributed by atoms with Crippen LogP contribution in [0.25, 0.3) is 0 Å². The Kier molecular flexibility index (Phi) is 5.15. The SMILES string of the molecule is CCC1(C(=O)N[C@H](CO)c2ccccc2)CCCNC1. The van der Waals surface area contributed by atoms with Crippen molar-refractivity contribution in [3.05, 3.63) is 35.9 Å². The van der Waals surface area contributed by atoms with Gasteiger partial charge >= 0.3 is 0 Å². The second kappa shape index (κ2) is 6.86. The van der Waals surface area contributed by atoms with Crippen molar-refractivity contribution in [1.82, 2.24) is 10.6 Å². The third kappa shape index (κ3) is 3.19. The molecular weight excluding hydrogens is 252 g/mol. The molecule has 0 spiro atoms. The van der Waals surface area contributed by atoms with Crippen LogP contribution in [-0.4, -0.2) is 30.7 Å². The van der Waals surface area contributed by atoms with Crippen molar-refractivity contribution in [1.29, 1.82) is 0 Å². The number of amides is 1. The zero-order valence-corrected chi connectivity index (χ0v) is 12.1. The molecule has 3 N–H and O–H groups in total. The summed E-state index contributed by atoms with van der Waals surface area (Å²) in [5.41, 5.74) is 0.610. The van der Waals surface area contributed by atoms with E-state index in [0.29, 0.717) is 0 Å². The summed E-state index contributed by atoms with van der Waals surface area (Å²) in [6.45, 7) is 3.69. The second-order valence-corrected chi connectivity index (χ2v) is 5.53. The monoisotopic (exact) mass is 276 g/mol. The smallest absolute Gasteiger partial charge is 0.228 e. The topological polar surface area (TPSA) is 61.4 Å². The van der Waals surface area contributed by atoms with Crippen LogP contribution in [0.3, 0.4) is 0 Å². The molecule has 1 fully saturated rings. The Morgan fingerprint density at radius 3 is 2.75 bits per heavy atom. The first-order chi connectivity index (χ1) is 9.72. The summed E-state index contributed by atoms with van der Waals surface area (Å²) in [5.74, 6) is 0.0510. The van der Waals surface area contributed by atoms with Gasteiger partial charge in [0, 0.05) is 6.54 Å². The van der Waals surface area contributed by atoms with E-state index >= 15 is 0 Å². The van der Waals surface area contributed by atoms with E-state index in [1.165, 1.54) is 0 Å². The van der Waals surface area contributed by atoms with E-state index in [4.69, 9.17) is 0 Å². The van der Waals surface area contributed by atoms with Gasteiger partial charge in [0.2, 0.25) is 5.91 Å². The van der Waals surface area contributed by atoms with Gasteiger partial charge in [-0.05, 0) is 31.4 Å². The average Bonchev–Trinajstić information content (AvgIpc) is 2.53. The summed E-state index contributed by atoms with van der Waals surface area (Å²) >= 11 is 0. The van der Waals surface area contributed by atoms with E-state index in [2.05, 4.69) is 17.6 Å². The molecule has 1 saturated heterocycles. The third-order valence-electron chi connectivity index (χ3n) is 4.32. The predicted molar refractivity (Wildman–Crippen MR) is 79.2 cm³/mol. The fourth-order valence-corrected chi connectivity index (χ4v) is 2.86. The number of aliphatic hydroxyl groups excluding tert-OH is 1. The van der Waals surface area contributed by atoms with Gasteiger partial charge in [0.05, 0.1) is 18.1 Å². The quantitative estimate of drug-likeness (QED) is 0.766. The molecule has 1 heterocycles. The minimum Gasteiger partial charge on any atom is -0.394 e. The van der Waals surface area contributed by atoms with Crippen molar-refractivity contribution < 1.29 is 9.90 Å². The highest BCUT2D eigenvalue weighted by Gasteiger charge is 2.38. The number of carbonyl (C=O) groups excluding carboxylic acids is 1. The van der Waals surface area contributed by atoms with E-state index in [9.17, 15) is 9.90 Å². The lowest BCUT2D eigenvalue weighted by Gasteiger charge is -2.36. The Balaban J connectivity index is 2.08. The Morgan fingerprint density at radius 2 is 2.20 bits per heavy atom. The number of benzene rings is 1. The fraction of sp³-hybridized carbons (Fsp3) is 0.562. The molecule has 0 bridgehead atoms. The first-order valence-corrected chi connectivity index (χ1v) is 7.39. The first-order valence-electron chi connectivity index (χ1n) is 7.39. The van der Waals surface area contributed by atoms with Crippen LogP contribution < -0.4 is 10.6 Å². The number of piperidine rings is 1. The number of nitrogens with one attached hydrogen (secondary N) is 2. The molecule has 2 atom stereocenters. The van der Waals surface area contributed by atoms with Crippen molar-refractivity contribution >= 4 is 5.91 Å². The zero-order valence-electron chi connectivity index (χ0n) is 12.1. The molecule has 1 unspecified atom stereocenters. The molecule has 1 aromatic carbocycles. The molecule has 110 valence electrons. The standard InChI is InChI=1S/C16H24N2O2/c1-2-16(9-6-10-17-12-16)15(20)18-14(11-19)13-7-4-3-5-8-13/h3-5,7-8,14,17,19H,2,6,9-12H2,1H3,(H,18,20)/t14-,16?/m1/s1. The molecule has 1 aromatic rings. The summed E-state index contributed by atoms with van der Waals surface area (Å²) in [5, 5.41) is 15.9. The predicted octanol–water partition coefficient (Wildman–Crippen LogP) is 1.62. The van der Waals surface area contributed by atoms with E-state index in [-0.39, 0.29) is 24.0 Å². The van der Waals surface area contributed by atoms with Gasteiger partial charge in [-0.25, -0.2) is 0 Å². The van der Waals surface area contributed by atoms with Gasteiger partial charge in [-0.15, -0.1) is 0 Å². The van der Waals surface area contributed by atoms with Gasteiger partial charge in [-0.2, -0.15) is 0 Å². The van der Waals surface area contributed by atoms with Crippen LogP contribution >= 0.6 is 0 Å². The molecule has 4 heteroatoms. The van der Waals surface area contributed by atoms with Crippen LogP contribution in [-0.2, 0) is 4.79 Å². The summed E-state index contributed by atoms with van der Waals surface area (Å²) in [4.78, 5) is 12.6. The molecule has 0 aliphatic carbocycles. The molecular formula is C16H24N2O2. The average molecular weight is 276 g/mol.